The highest BCUT2D eigenvalue weighted by atomic mass is 16.3. The molecule has 3 aliphatic carbocycles. The molecule has 2 bridgehead atoms. The Morgan fingerprint density at radius 2 is 2.00 bits per heavy atom. The van der Waals surface area contributed by atoms with Gasteiger partial charge < -0.3 is 5.11 Å². The lowest BCUT2D eigenvalue weighted by Gasteiger charge is -2.68. The van der Waals surface area contributed by atoms with Gasteiger partial charge in [-0.05, 0) is 36.5 Å². The topological polar surface area (TPSA) is 20.2 Å². The number of aliphatic hydroxyl groups is 1. The highest BCUT2D eigenvalue weighted by molar-refractivity contribution is 5.12. The number of hydrogen-bond donors (Lipinski definition) is 1. The van der Waals surface area contributed by atoms with Crippen molar-refractivity contribution in [3.8, 4) is 0 Å². The van der Waals surface area contributed by atoms with E-state index in [1.807, 2.05) is 0 Å². The van der Waals surface area contributed by atoms with Crippen LogP contribution in [0.2, 0.25) is 0 Å². The van der Waals surface area contributed by atoms with Gasteiger partial charge in [-0.3, -0.25) is 0 Å². The van der Waals surface area contributed by atoms with E-state index in [4.69, 9.17) is 0 Å². The van der Waals surface area contributed by atoms with E-state index in [9.17, 15) is 5.11 Å². The first kappa shape index (κ1) is 8.55. The van der Waals surface area contributed by atoms with Gasteiger partial charge in [-0.25, -0.2) is 0 Å². The molecule has 0 aliphatic heterocycles. The van der Waals surface area contributed by atoms with Gasteiger partial charge in [0, 0.05) is 12.0 Å². The maximum Gasteiger partial charge on any atom is 0.0495 e. The fourth-order valence-corrected chi connectivity index (χ4v) is 3.68. The van der Waals surface area contributed by atoms with Crippen LogP contribution in [0.1, 0.15) is 40.0 Å². The quantitative estimate of drug-likeness (QED) is 0.637. The largest absolute Gasteiger partial charge is 0.396 e. The molecule has 1 N–H and O–H groups in total. The van der Waals surface area contributed by atoms with Gasteiger partial charge in [-0.1, -0.05) is 20.8 Å². The minimum atomic E-state index is 0.274. The van der Waals surface area contributed by atoms with Gasteiger partial charge in [0.1, 0.15) is 0 Å². The van der Waals surface area contributed by atoms with Gasteiger partial charge in [-0.2, -0.15) is 0 Å². The first-order valence-electron chi connectivity index (χ1n) is 5.15. The lowest BCUT2D eigenvalue weighted by atomic mass is 9.37. The molecule has 0 spiro atoms. The normalized spacial score (nSPS) is 50.0. The molecular weight excluding hydrogens is 148 g/mol. The highest BCUT2D eigenvalue weighted by Gasteiger charge is 2.63. The third-order valence-electron chi connectivity index (χ3n) is 5.09. The molecule has 0 saturated heterocycles. The van der Waals surface area contributed by atoms with Crippen molar-refractivity contribution < 1.29 is 5.11 Å². The van der Waals surface area contributed by atoms with Crippen LogP contribution in [0, 0.1) is 22.7 Å². The predicted molar refractivity (Wildman–Crippen MR) is 49.8 cm³/mol. The Hall–Kier alpha value is -0.0400. The molecule has 0 radical (unpaired) electrons. The summed E-state index contributed by atoms with van der Waals surface area (Å²) in [6, 6.07) is 0. The molecule has 0 aromatic carbocycles. The molecule has 12 heavy (non-hydrogen) atoms. The second-order valence-electron chi connectivity index (χ2n) is 5.42. The van der Waals surface area contributed by atoms with Crippen LogP contribution in [0.4, 0.5) is 0 Å². The van der Waals surface area contributed by atoms with Crippen molar-refractivity contribution in [2.75, 3.05) is 6.61 Å². The zero-order valence-corrected chi connectivity index (χ0v) is 8.43. The Balaban J connectivity index is 2.29. The third kappa shape index (κ3) is 0.693. The lowest BCUT2D eigenvalue weighted by Crippen LogP contribution is -2.63. The average molecular weight is 168 g/mol. The molecule has 3 unspecified atom stereocenters. The fraction of sp³-hybridized carbons (Fsp3) is 1.00. The molecule has 3 rings (SSSR count). The van der Waals surface area contributed by atoms with E-state index in [1.54, 1.807) is 0 Å². The van der Waals surface area contributed by atoms with E-state index in [0.717, 1.165) is 11.8 Å². The highest BCUT2D eigenvalue weighted by Crippen LogP contribution is 2.69. The predicted octanol–water partition coefficient (Wildman–Crippen LogP) is 2.44. The van der Waals surface area contributed by atoms with Crippen molar-refractivity contribution in [3.05, 3.63) is 0 Å². The van der Waals surface area contributed by atoms with Gasteiger partial charge >= 0.3 is 0 Å². The molecule has 1 heteroatoms. The summed E-state index contributed by atoms with van der Waals surface area (Å²) in [4.78, 5) is 0. The first-order chi connectivity index (χ1) is 5.54. The van der Waals surface area contributed by atoms with Crippen LogP contribution in [-0.2, 0) is 0 Å². The number of fused-ring (bicyclic) bond motifs is 2. The molecule has 70 valence electrons. The summed E-state index contributed by atoms with van der Waals surface area (Å²) in [6.07, 6.45) is 3.99. The van der Waals surface area contributed by atoms with E-state index in [-0.39, 0.29) is 5.41 Å². The maximum absolute atomic E-state index is 9.49. The summed E-state index contributed by atoms with van der Waals surface area (Å²) in [6.45, 7) is 7.39. The van der Waals surface area contributed by atoms with Crippen molar-refractivity contribution >= 4 is 0 Å². The molecule has 3 saturated carbocycles. The van der Waals surface area contributed by atoms with Gasteiger partial charge in [-0.15, -0.1) is 0 Å². The standard InChI is InChI=1S/C11H20O/c1-8-4-5-9-6-11(8,7-12)10(9,2)3/h8-9,12H,4-7H2,1-3H3. The Morgan fingerprint density at radius 3 is 2.33 bits per heavy atom. The second-order valence-corrected chi connectivity index (χ2v) is 5.42. The van der Waals surface area contributed by atoms with Crippen molar-refractivity contribution in [2.24, 2.45) is 22.7 Å². The Bertz CT molecular complexity index is 197. The molecule has 0 amide bonds. The first-order valence-corrected chi connectivity index (χ1v) is 5.15. The Morgan fingerprint density at radius 1 is 1.33 bits per heavy atom. The Kier molecular flexibility index (Phi) is 1.61. The molecule has 0 aromatic heterocycles. The minimum absolute atomic E-state index is 0.274. The minimum Gasteiger partial charge on any atom is -0.396 e. The zero-order valence-electron chi connectivity index (χ0n) is 8.43. The summed E-state index contributed by atoms with van der Waals surface area (Å²) in [5.41, 5.74) is 0.676. The second kappa shape index (κ2) is 2.25. The van der Waals surface area contributed by atoms with E-state index < -0.39 is 0 Å². The third-order valence-corrected chi connectivity index (χ3v) is 5.09. The monoisotopic (exact) mass is 168 g/mol. The van der Waals surface area contributed by atoms with Crippen molar-refractivity contribution in [3.63, 3.8) is 0 Å². The van der Waals surface area contributed by atoms with Crippen molar-refractivity contribution in [1.82, 2.24) is 0 Å². The number of aliphatic hydroxyl groups excluding tert-OH is 1. The lowest BCUT2D eigenvalue weighted by molar-refractivity contribution is -0.214. The summed E-state index contributed by atoms with van der Waals surface area (Å²) >= 11 is 0. The van der Waals surface area contributed by atoms with Crippen LogP contribution in [0.15, 0.2) is 0 Å². The Labute approximate surface area is 75.2 Å². The van der Waals surface area contributed by atoms with E-state index >= 15 is 0 Å². The van der Waals surface area contributed by atoms with Crippen LogP contribution >= 0.6 is 0 Å². The fourth-order valence-electron chi connectivity index (χ4n) is 3.68. The van der Waals surface area contributed by atoms with E-state index in [1.165, 1.54) is 19.3 Å². The number of hydrogen-bond acceptors (Lipinski definition) is 1. The average Bonchev–Trinajstić information content (AvgIpc) is 2.04. The van der Waals surface area contributed by atoms with Gasteiger partial charge in [0.15, 0.2) is 0 Å². The van der Waals surface area contributed by atoms with Gasteiger partial charge in [0.05, 0.1) is 0 Å². The van der Waals surface area contributed by atoms with Crippen molar-refractivity contribution in [2.45, 2.75) is 40.0 Å². The maximum atomic E-state index is 9.49. The van der Waals surface area contributed by atoms with Crippen LogP contribution in [-0.4, -0.2) is 11.7 Å². The zero-order chi connectivity index (χ0) is 8.98. The van der Waals surface area contributed by atoms with Crippen LogP contribution < -0.4 is 0 Å². The van der Waals surface area contributed by atoms with Crippen LogP contribution in [0.3, 0.4) is 0 Å². The van der Waals surface area contributed by atoms with Gasteiger partial charge in [0.25, 0.3) is 0 Å². The summed E-state index contributed by atoms with van der Waals surface area (Å²) in [5.74, 6) is 1.61. The molecular formula is C11H20O. The van der Waals surface area contributed by atoms with Crippen LogP contribution in [0.5, 0.6) is 0 Å². The van der Waals surface area contributed by atoms with Crippen molar-refractivity contribution in [1.29, 1.82) is 0 Å². The molecule has 3 atom stereocenters. The summed E-state index contributed by atoms with van der Waals surface area (Å²) in [7, 11) is 0. The van der Waals surface area contributed by atoms with E-state index in [2.05, 4.69) is 20.8 Å². The van der Waals surface area contributed by atoms with E-state index in [0.29, 0.717) is 12.0 Å². The van der Waals surface area contributed by atoms with Crippen LogP contribution in [0.25, 0.3) is 0 Å². The molecule has 3 aliphatic rings. The molecule has 0 aromatic rings. The molecule has 0 heterocycles. The molecule has 3 fully saturated rings. The number of rotatable bonds is 1. The SMILES string of the molecule is CC1CCC2CC1(CO)C2(C)C. The molecule has 1 nitrogen and oxygen atoms in total. The summed E-state index contributed by atoms with van der Waals surface area (Å²) < 4.78 is 0. The smallest absolute Gasteiger partial charge is 0.0495 e. The summed E-state index contributed by atoms with van der Waals surface area (Å²) in [5, 5.41) is 9.49. The van der Waals surface area contributed by atoms with Gasteiger partial charge in [0.2, 0.25) is 0 Å².